The second-order valence-corrected chi connectivity index (χ2v) is 22.0. The Hall–Kier alpha value is 0.531. The van der Waals surface area contributed by atoms with Crippen LogP contribution in [0.1, 0.15) is 136 Å². The molecule has 6 heteroatoms. The quantitative estimate of drug-likeness (QED) is 0.112. The SMILES string of the molecule is CCCCCCCC[Si]1(C)O[Si](C)(CCCCCCCC)O[Si](C)(CCCCCCCC)O1. The highest BCUT2D eigenvalue weighted by atomic mass is 28.5. The van der Waals surface area contributed by atoms with Gasteiger partial charge in [-0.15, -0.1) is 0 Å². The van der Waals surface area contributed by atoms with Crippen LogP contribution < -0.4 is 0 Å². The first-order valence-electron chi connectivity index (χ1n) is 14.9. The van der Waals surface area contributed by atoms with Gasteiger partial charge >= 0.3 is 25.7 Å². The first-order valence-corrected chi connectivity index (χ1v) is 22.5. The Morgan fingerprint density at radius 1 is 0.333 bits per heavy atom. The van der Waals surface area contributed by atoms with E-state index in [4.69, 9.17) is 12.3 Å². The number of unbranched alkanes of at least 4 members (excludes halogenated alkanes) is 15. The van der Waals surface area contributed by atoms with Gasteiger partial charge in [0.15, 0.2) is 0 Å². The fourth-order valence-corrected chi connectivity index (χ4v) is 23.1. The molecule has 198 valence electrons. The molecule has 3 nitrogen and oxygen atoms in total. The lowest BCUT2D eigenvalue weighted by Crippen LogP contribution is -2.67. The summed E-state index contributed by atoms with van der Waals surface area (Å²) in [6.07, 6.45) is 24.2. The molecule has 0 aromatic rings. The Bertz CT molecular complexity index is 403. The lowest BCUT2D eigenvalue weighted by atomic mass is 10.1. The van der Waals surface area contributed by atoms with Crippen LogP contribution in [0.4, 0.5) is 0 Å². The van der Waals surface area contributed by atoms with E-state index in [1.54, 1.807) is 0 Å². The molecule has 0 spiro atoms. The molecule has 0 unspecified atom stereocenters. The van der Waals surface area contributed by atoms with Gasteiger partial charge in [-0.2, -0.15) is 0 Å². The molecule has 0 radical (unpaired) electrons. The zero-order valence-corrected chi connectivity index (χ0v) is 26.6. The zero-order valence-electron chi connectivity index (χ0n) is 23.6. The molecule has 1 fully saturated rings. The summed E-state index contributed by atoms with van der Waals surface area (Å²) in [5.41, 5.74) is 0. The van der Waals surface area contributed by atoms with Crippen LogP contribution in [0.5, 0.6) is 0 Å². The molecule has 0 aromatic heterocycles. The van der Waals surface area contributed by atoms with E-state index in [0.29, 0.717) is 0 Å². The van der Waals surface area contributed by atoms with Gasteiger partial charge in [0.05, 0.1) is 0 Å². The van der Waals surface area contributed by atoms with Crippen LogP contribution in [0.25, 0.3) is 0 Å². The summed E-state index contributed by atoms with van der Waals surface area (Å²) in [6, 6.07) is 3.50. The van der Waals surface area contributed by atoms with Crippen LogP contribution in [0, 0.1) is 0 Å². The summed E-state index contributed by atoms with van der Waals surface area (Å²) in [4.78, 5) is 0. The van der Waals surface area contributed by atoms with Crippen LogP contribution in [0.3, 0.4) is 0 Å². The van der Waals surface area contributed by atoms with Crippen molar-refractivity contribution in [3.63, 3.8) is 0 Å². The number of hydrogen-bond donors (Lipinski definition) is 0. The van der Waals surface area contributed by atoms with Crippen molar-refractivity contribution in [1.82, 2.24) is 0 Å². The van der Waals surface area contributed by atoms with Gasteiger partial charge in [-0.05, 0) is 37.8 Å². The summed E-state index contributed by atoms with van der Waals surface area (Å²) in [7, 11) is -6.42. The van der Waals surface area contributed by atoms with E-state index in [9.17, 15) is 0 Å². The minimum atomic E-state index is -2.14. The molecule has 0 aromatic carbocycles. The van der Waals surface area contributed by atoms with Crippen molar-refractivity contribution in [1.29, 1.82) is 0 Å². The number of rotatable bonds is 21. The Balaban J connectivity index is 2.64. The van der Waals surface area contributed by atoms with Gasteiger partial charge < -0.3 is 12.3 Å². The van der Waals surface area contributed by atoms with Gasteiger partial charge in [-0.1, -0.05) is 136 Å². The lowest BCUT2D eigenvalue weighted by molar-refractivity contribution is 0.219. The van der Waals surface area contributed by atoms with E-state index in [1.807, 2.05) is 0 Å². The molecular formula is C27H60O3Si3. The summed E-state index contributed by atoms with van der Waals surface area (Å²) >= 11 is 0. The van der Waals surface area contributed by atoms with Crippen LogP contribution in [0.15, 0.2) is 0 Å². The van der Waals surface area contributed by atoms with Gasteiger partial charge in [0.2, 0.25) is 0 Å². The smallest absolute Gasteiger partial charge is 0.317 e. The van der Waals surface area contributed by atoms with Gasteiger partial charge in [0, 0.05) is 0 Å². The van der Waals surface area contributed by atoms with E-state index < -0.39 is 25.7 Å². The lowest BCUT2D eigenvalue weighted by Gasteiger charge is -2.50. The minimum Gasteiger partial charge on any atom is -0.416 e. The highest BCUT2D eigenvalue weighted by Crippen LogP contribution is 2.39. The van der Waals surface area contributed by atoms with Crippen molar-refractivity contribution >= 4 is 25.7 Å². The van der Waals surface area contributed by atoms with E-state index in [-0.39, 0.29) is 0 Å². The van der Waals surface area contributed by atoms with Gasteiger partial charge in [0.1, 0.15) is 0 Å². The predicted molar refractivity (Wildman–Crippen MR) is 153 cm³/mol. The minimum absolute atomic E-state index is 1.17. The van der Waals surface area contributed by atoms with Crippen LogP contribution in [-0.4, -0.2) is 25.7 Å². The van der Waals surface area contributed by atoms with E-state index in [0.717, 1.165) is 0 Å². The fraction of sp³-hybridized carbons (Fsp3) is 1.00. The van der Waals surface area contributed by atoms with Crippen LogP contribution in [0.2, 0.25) is 37.8 Å². The third-order valence-electron chi connectivity index (χ3n) is 7.25. The van der Waals surface area contributed by atoms with Crippen molar-refractivity contribution in [3.05, 3.63) is 0 Å². The highest BCUT2D eigenvalue weighted by molar-refractivity contribution is 6.93. The monoisotopic (exact) mass is 516 g/mol. The molecule has 0 N–H and O–H groups in total. The Kier molecular flexibility index (Phi) is 17.1. The average Bonchev–Trinajstić information content (AvgIpc) is 2.74. The summed E-state index contributed by atoms with van der Waals surface area (Å²) < 4.78 is 20.8. The first-order chi connectivity index (χ1) is 15.8. The van der Waals surface area contributed by atoms with E-state index in [1.165, 1.54) is 134 Å². The molecule has 0 amide bonds. The Labute approximate surface area is 211 Å². The summed E-state index contributed by atoms with van der Waals surface area (Å²) in [5, 5.41) is 0. The normalized spacial score (nSPS) is 27.8. The number of hydrogen-bond acceptors (Lipinski definition) is 3. The van der Waals surface area contributed by atoms with Crippen LogP contribution >= 0.6 is 0 Å². The molecule has 1 aliphatic rings. The Morgan fingerprint density at radius 2 is 0.545 bits per heavy atom. The third-order valence-corrected chi connectivity index (χ3v) is 21.4. The molecule has 33 heavy (non-hydrogen) atoms. The summed E-state index contributed by atoms with van der Waals surface area (Å²) in [5.74, 6) is 0. The molecule has 1 aliphatic heterocycles. The maximum absolute atomic E-state index is 6.94. The first kappa shape index (κ1) is 31.6. The molecule has 1 rings (SSSR count). The maximum atomic E-state index is 6.94. The Morgan fingerprint density at radius 3 is 0.788 bits per heavy atom. The second-order valence-electron chi connectivity index (χ2n) is 11.3. The topological polar surface area (TPSA) is 27.7 Å². The highest BCUT2D eigenvalue weighted by Gasteiger charge is 2.55. The van der Waals surface area contributed by atoms with Crippen molar-refractivity contribution in [2.24, 2.45) is 0 Å². The van der Waals surface area contributed by atoms with Gasteiger partial charge in [-0.3, -0.25) is 0 Å². The molecule has 0 saturated carbocycles. The molecule has 0 bridgehead atoms. The molecular weight excluding hydrogens is 457 g/mol. The van der Waals surface area contributed by atoms with Gasteiger partial charge in [-0.25, -0.2) is 0 Å². The van der Waals surface area contributed by atoms with Crippen molar-refractivity contribution in [3.8, 4) is 0 Å². The molecule has 0 aliphatic carbocycles. The van der Waals surface area contributed by atoms with Gasteiger partial charge in [0.25, 0.3) is 0 Å². The van der Waals surface area contributed by atoms with Crippen molar-refractivity contribution in [2.75, 3.05) is 0 Å². The average molecular weight is 517 g/mol. The zero-order chi connectivity index (χ0) is 24.5. The summed E-state index contributed by atoms with van der Waals surface area (Å²) in [6.45, 7) is 14.0. The third kappa shape index (κ3) is 14.6. The van der Waals surface area contributed by atoms with Crippen molar-refractivity contribution < 1.29 is 12.3 Å². The molecule has 1 heterocycles. The standard InChI is InChI=1S/C27H60O3Si3/c1-7-10-13-16-19-22-25-31(4)28-32(5,26-23-20-17-14-11-8-2)30-33(6,29-31)27-24-21-18-15-12-9-3/h7-27H2,1-6H3. The van der Waals surface area contributed by atoms with Crippen LogP contribution in [-0.2, 0) is 12.3 Å². The second kappa shape index (κ2) is 17.9. The van der Waals surface area contributed by atoms with Crippen molar-refractivity contribution in [2.45, 2.75) is 174 Å². The largest absolute Gasteiger partial charge is 0.416 e. The van der Waals surface area contributed by atoms with E-state index >= 15 is 0 Å². The maximum Gasteiger partial charge on any atom is 0.317 e. The van der Waals surface area contributed by atoms with E-state index in [2.05, 4.69) is 40.4 Å². The fourth-order valence-electron chi connectivity index (χ4n) is 5.42. The molecule has 1 saturated heterocycles. The molecule has 0 atom stereocenters. The predicted octanol–water partition coefficient (Wildman–Crippen LogP) is 10.3.